The second-order valence-electron chi connectivity index (χ2n) is 9.24. The minimum atomic E-state index is -0.762. The maximum atomic E-state index is 7.04. The van der Waals surface area contributed by atoms with Crippen LogP contribution in [-0.4, -0.2) is 9.52 Å². The van der Waals surface area contributed by atoms with Gasteiger partial charge in [-0.15, -0.1) is 0 Å². The summed E-state index contributed by atoms with van der Waals surface area (Å²) < 4.78 is 0. The standard InChI is InChI=1S/C28H30Cl2Si.Ti/c1-17-23(19(3)27(5,25(17)29)21-13-9-7-10-14-21)31-24-18(2)26(30)28(6,20(24)4)22-15-11-8-12-16-22;/h7-16H,31H2,1-6H3;. The van der Waals surface area contributed by atoms with E-state index in [9.17, 15) is 0 Å². The average molecular weight is 513 g/mol. The van der Waals surface area contributed by atoms with Crippen molar-refractivity contribution in [1.29, 1.82) is 0 Å². The molecule has 0 bridgehead atoms. The Morgan fingerprint density at radius 2 is 0.906 bits per heavy atom. The Bertz CT molecular complexity index is 1080. The van der Waals surface area contributed by atoms with Crippen molar-refractivity contribution in [2.24, 2.45) is 0 Å². The second-order valence-corrected chi connectivity index (χ2v) is 11.8. The summed E-state index contributed by atoms with van der Waals surface area (Å²) in [4.78, 5) is 0. The van der Waals surface area contributed by atoms with Gasteiger partial charge in [0.15, 0.2) is 0 Å². The van der Waals surface area contributed by atoms with Gasteiger partial charge in [0.1, 0.15) is 0 Å². The third-order valence-electron chi connectivity index (χ3n) is 7.90. The van der Waals surface area contributed by atoms with Crippen molar-refractivity contribution in [2.75, 3.05) is 0 Å². The molecule has 2 atom stereocenters. The summed E-state index contributed by atoms with van der Waals surface area (Å²) in [6, 6.07) is 21.3. The van der Waals surface area contributed by atoms with Crippen molar-refractivity contribution in [3.8, 4) is 0 Å². The summed E-state index contributed by atoms with van der Waals surface area (Å²) in [6.45, 7) is 13.5. The van der Waals surface area contributed by atoms with Gasteiger partial charge < -0.3 is 0 Å². The Kier molecular flexibility index (Phi) is 7.40. The van der Waals surface area contributed by atoms with E-state index in [1.54, 1.807) is 0 Å². The summed E-state index contributed by atoms with van der Waals surface area (Å²) >= 11 is 14.1. The van der Waals surface area contributed by atoms with E-state index in [1.165, 1.54) is 43.8 Å². The Hall–Kier alpha value is -1.09. The van der Waals surface area contributed by atoms with E-state index in [0.29, 0.717) is 0 Å². The first-order valence-corrected chi connectivity index (χ1v) is 13.1. The van der Waals surface area contributed by atoms with Gasteiger partial charge in [-0.3, -0.25) is 0 Å². The molecule has 0 saturated carbocycles. The summed E-state index contributed by atoms with van der Waals surface area (Å²) in [5.41, 5.74) is 7.34. The van der Waals surface area contributed by atoms with Crippen LogP contribution in [0.1, 0.15) is 52.7 Å². The maximum absolute atomic E-state index is 7.04. The van der Waals surface area contributed by atoms with Crippen LogP contribution in [0.4, 0.5) is 0 Å². The summed E-state index contributed by atoms with van der Waals surface area (Å²) in [7, 11) is -0.762. The predicted octanol–water partition coefficient (Wildman–Crippen LogP) is 7.67. The van der Waals surface area contributed by atoms with E-state index >= 15 is 0 Å². The molecule has 2 aliphatic rings. The normalized spacial score (nSPS) is 26.1. The van der Waals surface area contributed by atoms with Gasteiger partial charge in [-0.25, -0.2) is 0 Å². The van der Waals surface area contributed by atoms with E-state index < -0.39 is 9.52 Å². The van der Waals surface area contributed by atoms with Gasteiger partial charge in [-0.2, -0.15) is 0 Å². The number of rotatable bonds is 4. The zero-order valence-electron chi connectivity index (χ0n) is 19.7. The molecule has 2 aromatic carbocycles. The molecule has 0 amide bonds. The first-order valence-electron chi connectivity index (χ1n) is 10.9. The Morgan fingerprint density at radius 1 is 0.594 bits per heavy atom. The zero-order valence-corrected chi connectivity index (χ0v) is 24.2. The molecule has 0 aromatic heterocycles. The van der Waals surface area contributed by atoms with Gasteiger partial charge in [-0.05, 0) is 63.8 Å². The molecule has 32 heavy (non-hydrogen) atoms. The van der Waals surface area contributed by atoms with Gasteiger partial charge in [0, 0.05) is 42.6 Å². The number of allylic oxidation sites excluding steroid dienone is 8. The molecular formula is C28H30Cl2SiTi. The van der Waals surface area contributed by atoms with Crippen molar-refractivity contribution in [1.82, 2.24) is 0 Å². The fourth-order valence-electron chi connectivity index (χ4n) is 5.45. The van der Waals surface area contributed by atoms with Crippen LogP contribution in [0.25, 0.3) is 0 Å². The summed E-state index contributed by atoms with van der Waals surface area (Å²) in [5.74, 6) is 0. The van der Waals surface area contributed by atoms with Gasteiger partial charge in [-0.1, -0.05) is 105 Å². The smallest absolute Gasteiger partial charge is 0.0875 e. The molecule has 0 spiro atoms. The van der Waals surface area contributed by atoms with E-state index in [2.05, 4.69) is 102 Å². The van der Waals surface area contributed by atoms with Crippen LogP contribution in [0.15, 0.2) is 103 Å². The van der Waals surface area contributed by atoms with Crippen LogP contribution in [0, 0.1) is 0 Å². The van der Waals surface area contributed by atoms with Crippen LogP contribution in [0.3, 0.4) is 0 Å². The monoisotopic (exact) mass is 512 g/mol. The molecule has 2 aliphatic carbocycles. The van der Waals surface area contributed by atoms with Crippen LogP contribution >= 0.6 is 23.2 Å². The number of benzene rings is 2. The van der Waals surface area contributed by atoms with Crippen LogP contribution in [0.2, 0.25) is 0 Å². The molecule has 0 radical (unpaired) electrons. The van der Waals surface area contributed by atoms with Crippen molar-refractivity contribution < 1.29 is 21.7 Å². The molecule has 0 N–H and O–H groups in total. The third-order valence-corrected chi connectivity index (χ3v) is 12.1. The predicted molar refractivity (Wildman–Crippen MR) is 139 cm³/mol. The fraction of sp³-hybridized carbons (Fsp3) is 0.286. The van der Waals surface area contributed by atoms with Crippen molar-refractivity contribution in [2.45, 2.75) is 52.4 Å². The summed E-state index contributed by atoms with van der Waals surface area (Å²) in [5, 5.41) is 4.89. The van der Waals surface area contributed by atoms with E-state index in [0.717, 1.165) is 10.1 Å². The molecule has 2 aromatic rings. The number of halogens is 2. The van der Waals surface area contributed by atoms with Crippen molar-refractivity contribution >= 4 is 32.7 Å². The van der Waals surface area contributed by atoms with E-state index in [4.69, 9.17) is 23.2 Å². The Balaban J connectivity index is 0.00000289. The number of hydrogen-bond donors (Lipinski definition) is 0. The SMILES string of the molecule is CC1=C(Cl)C(C)(c2ccccc2)C(C)=C1[SiH2]C1=C(C)C(C)(c2ccccc2)C(Cl)=C1C.[Ti]. The van der Waals surface area contributed by atoms with Crippen LogP contribution < -0.4 is 0 Å². The molecule has 0 aliphatic heterocycles. The fourth-order valence-corrected chi connectivity index (χ4v) is 8.88. The van der Waals surface area contributed by atoms with Gasteiger partial charge in [0.05, 0.1) is 9.52 Å². The Morgan fingerprint density at radius 3 is 1.22 bits per heavy atom. The van der Waals surface area contributed by atoms with E-state index in [-0.39, 0.29) is 32.5 Å². The molecule has 0 heterocycles. The van der Waals surface area contributed by atoms with Crippen LogP contribution in [0.5, 0.6) is 0 Å². The topological polar surface area (TPSA) is 0 Å². The molecule has 4 heteroatoms. The minimum absolute atomic E-state index is 0. The zero-order chi connectivity index (χ0) is 22.6. The quantitative estimate of drug-likeness (QED) is 0.368. The molecule has 164 valence electrons. The first-order chi connectivity index (χ1) is 14.6. The van der Waals surface area contributed by atoms with E-state index in [1.807, 2.05) is 0 Å². The van der Waals surface area contributed by atoms with Crippen LogP contribution in [-0.2, 0) is 32.5 Å². The maximum Gasteiger partial charge on any atom is 0.0882 e. The Labute approximate surface area is 220 Å². The molecule has 0 nitrogen and oxygen atoms in total. The third kappa shape index (κ3) is 3.62. The van der Waals surface area contributed by atoms with Crippen molar-refractivity contribution in [3.63, 3.8) is 0 Å². The van der Waals surface area contributed by atoms with Gasteiger partial charge in [0.25, 0.3) is 0 Å². The average Bonchev–Trinajstić information content (AvgIpc) is 3.07. The molecule has 0 fully saturated rings. The van der Waals surface area contributed by atoms with Gasteiger partial charge in [0.2, 0.25) is 0 Å². The molecule has 2 unspecified atom stereocenters. The first kappa shape index (κ1) is 25.5. The van der Waals surface area contributed by atoms with Gasteiger partial charge >= 0.3 is 0 Å². The molecule has 0 saturated heterocycles. The minimum Gasteiger partial charge on any atom is -0.0875 e. The summed E-state index contributed by atoms with van der Waals surface area (Å²) in [6.07, 6.45) is 0. The molecule has 4 rings (SSSR count). The molecular weight excluding hydrogens is 483 g/mol. The second kappa shape index (κ2) is 9.28. The largest absolute Gasteiger partial charge is 0.0882 e. The van der Waals surface area contributed by atoms with Crippen molar-refractivity contribution in [3.05, 3.63) is 115 Å². The number of hydrogen-bond acceptors (Lipinski definition) is 0.